The van der Waals surface area contributed by atoms with Gasteiger partial charge in [0.05, 0.1) is 12.5 Å². The maximum Gasteiger partial charge on any atom is 0.0947 e. The molecule has 0 radical (unpaired) electrons. The molecule has 1 atom stereocenters. The van der Waals surface area contributed by atoms with Gasteiger partial charge in [0.15, 0.2) is 0 Å². The molecule has 0 spiro atoms. The first-order valence-electron chi connectivity index (χ1n) is 7.01. The Balaban J connectivity index is 1.80. The molecule has 1 N–H and O–H groups in total. The van der Waals surface area contributed by atoms with Crippen LogP contribution in [0, 0.1) is 0 Å². The summed E-state index contributed by atoms with van der Waals surface area (Å²) in [6, 6.07) is 11.3. The Morgan fingerprint density at radius 1 is 1.26 bits per heavy atom. The van der Waals surface area contributed by atoms with Crippen LogP contribution in [-0.2, 0) is 12.0 Å². The van der Waals surface area contributed by atoms with Crippen molar-refractivity contribution in [2.45, 2.75) is 44.7 Å². The van der Waals surface area contributed by atoms with Crippen LogP contribution >= 0.6 is 0 Å². The summed E-state index contributed by atoms with van der Waals surface area (Å²) in [5.74, 6) is 0. The fraction of sp³-hybridized carbons (Fsp3) is 0.412. The van der Waals surface area contributed by atoms with E-state index in [9.17, 15) is 0 Å². The molecule has 0 aliphatic heterocycles. The van der Waals surface area contributed by atoms with Crippen molar-refractivity contribution in [2.75, 3.05) is 0 Å². The highest BCUT2D eigenvalue weighted by molar-refractivity contribution is 5.38. The summed E-state index contributed by atoms with van der Waals surface area (Å²) < 4.78 is 5.12. The zero-order chi connectivity index (χ0) is 13.3. The maximum atomic E-state index is 5.12. The Hall–Kier alpha value is -1.54. The molecule has 0 bridgehead atoms. The van der Waals surface area contributed by atoms with Crippen LogP contribution < -0.4 is 5.32 Å². The molecule has 3 rings (SSSR count). The predicted octanol–water partition coefficient (Wildman–Crippen LogP) is 4.18. The fourth-order valence-corrected chi connectivity index (χ4v) is 3.06. The molecule has 1 unspecified atom stereocenters. The molecular weight excluding hydrogens is 234 g/mol. The third-order valence-corrected chi connectivity index (χ3v) is 4.26. The third kappa shape index (κ3) is 2.45. The SMILES string of the molecule is CC1(C)CCC(NCc2ccoc2)c2ccccc21. The molecule has 100 valence electrons. The van der Waals surface area contributed by atoms with Gasteiger partial charge in [0.2, 0.25) is 0 Å². The molecule has 1 aromatic carbocycles. The molecule has 19 heavy (non-hydrogen) atoms. The van der Waals surface area contributed by atoms with E-state index in [0.717, 1.165) is 6.54 Å². The number of furan rings is 1. The molecule has 0 fully saturated rings. The lowest BCUT2D eigenvalue weighted by molar-refractivity contribution is 0.357. The van der Waals surface area contributed by atoms with Gasteiger partial charge in [-0.05, 0) is 35.4 Å². The van der Waals surface area contributed by atoms with Crippen molar-refractivity contribution in [1.29, 1.82) is 0 Å². The molecule has 0 saturated heterocycles. The summed E-state index contributed by atoms with van der Waals surface area (Å²) in [6.07, 6.45) is 5.97. The third-order valence-electron chi connectivity index (χ3n) is 4.26. The molecule has 1 heterocycles. The van der Waals surface area contributed by atoms with E-state index >= 15 is 0 Å². The first kappa shape index (κ1) is 12.5. The van der Waals surface area contributed by atoms with E-state index in [2.05, 4.69) is 43.4 Å². The van der Waals surface area contributed by atoms with Crippen LogP contribution in [0.2, 0.25) is 0 Å². The molecule has 2 aromatic rings. The van der Waals surface area contributed by atoms with E-state index in [1.165, 1.54) is 29.5 Å². The smallest absolute Gasteiger partial charge is 0.0947 e. The lowest BCUT2D eigenvalue weighted by Gasteiger charge is -2.37. The Bertz CT molecular complexity index is 542. The molecule has 0 saturated carbocycles. The van der Waals surface area contributed by atoms with Crippen LogP contribution in [0.3, 0.4) is 0 Å². The molecule has 0 amide bonds. The van der Waals surface area contributed by atoms with Crippen molar-refractivity contribution in [1.82, 2.24) is 5.32 Å². The average molecular weight is 255 g/mol. The zero-order valence-corrected chi connectivity index (χ0v) is 11.6. The first-order valence-corrected chi connectivity index (χ1v) is 7.01. The standard InChI is InChI=1S/C17H21NO/c1-17(2)9-7-16(14-5-3-4-6-15(14)17)18-11-13-8-10-19-12-13/h3-6,8,10,12,16,18H,7,9,11H2,1-2H3. The van der Waals surface area contributed by atoms with E-state index in [-0.39, 0.29) is 0 Å². The number of rotatable bonds is 3. The van der Waals surface area contributed by atoms with Gasteiger partial charge in [-0.1, -0.05) is 38.1 Å². The zero-order valence-electron chi connectivity index (χ0n) is 11.6. The first-order chi connectivity index (χ1) is 9.17. The second kappa shape index (κ2) is 4.86. The topological polar surface area (TPSA) is 25.2 Å². The minimum absolute atomic E-state index is 0.296. The van der Waals surface area contributed by atoms with Crippen LogP contribution in [0.25, 0.3) is 0 Å². The highest BCUT2D eigenvalue weighted by atomic mass is 16.3. The van der Waals surface area contributed by atoms with E-state index < -0.39 is 0 Å². The lowest BCUT2D eigenvalue weighted by Crippen LogP contribution is -2.32. The number of hydrogen-bond donors (Lipinski definition) is 1. The van der Waals surface area contributed by atoms with E-state index in [1.807, 2.05) is 12.3 Å². The number of nitrogens with one attached hydrogen (secondary N) is 1. The van der Waals surface area contributed by atoms with Crippen molar-refractivity contribution in [2.24, 2.45) is 0 Å². The molecule has 2 nitrogen and oxygen atoms in total. The van der Waals surface area contributed by atoms with Gasteiger partial charge >= 0.3 is 0 Å². The molecule has 1 aliphatic rings. The van der Waals surface area contributed by atoms with Crippen molar-refractivity contribution in [3.05, 3.63) is 59.5 Å². The minimum atomic E-state index is 0.296. The van der Waals surface area contributed by atoms with Crippen LogP contribution in [0.4, 0.5) is 0 Å². The summed E-state index contributed by atoms with van der Waals surface area (Å²) in [7, 11) is 0. The molecule has 2 heteroatoms. The van der Waals surface area contributed by atoms with Gasteiger partial charge in [0.1, 0.15) is 0 Å². The minimum Gasteiger partial charge on any atom is -0.472 e. The van der Waals surface area contributed by atoms with Crippen LogP contribution in [-0.4, -0.2) is 0 Å². The number of hydrogen-bond acceptors (Lipinski definition) is 2. The second-order valence-electron chi connectivity index (χ2n) is 6.07. The van der Waals surface area contributed by atoms with E-state index in [4.69, 9.17) is 4.42 Å². The average Bonchev–Trinajstić information content (AvgIpc) is 2.91. The van der Waals surface area contributed by atoms with Gasteiger partial charge in [-0.3, -0.25) is 0 Å². The fourth-order valence-electron chi connectivity index (χ4n) is 3.06. The monoisotopic (exact) mass is 255 g/mol. The van der Waals surface area contributed by atoms with Crippen molar-refractivity contribution in [3.63, 3.8) is 0 Å². The molecule has 1 aromatic heterocycles. The van der Waals surface area contributed by atoms with Crippen molar-refractivity contribution in [3.8, 4) is 0 Å². The van der Waals surface area contributed by atoms with Gasteiger partial charge in [-0.2, -0.15) is 0 Å². The molecule has 1 aliphatic carbocycles. The summed E-state index contributed by atoms with van der Waals surface area (Å²) in [5, 5.41) is 3.66. The van der Waals surface area contributed by atoms with Crippen molar-refractivity contribution >= 4 is 0 Å². The van der Waals surface area contributed by atoms with Gasteiger partial charge in [0.25, 0.3) is 0 Å². The van der Waals surface area contributed by atoms with Crippen LogP contribution in [0.1, 0.15) is 49.4 Å². The predicted molar refractivity (Wildman–Crippen MR) is 77.0 cm³/mol. The van der Waals surface area contributed by atoms with E-state index in [0.29, 0.717) is 11.5 Å². The summed E-state index contributed by atoms with van der Waals surface area (Å²) >= 11 is 0. The Morgan fingerprint density at radius 2 is 2.11 bits per heavy atom. The van der Waals surface area contributed by atoms with Crippen LogP contribution in [0.5, 0.6) is 0 Å². The Labute approximate surface area is 114 Å². The van der Waals surface area contributed by atoms with Gasteiger partial charge in [-0.15, -0.1) is 0 Å². The number of fused-ring (bicyclic) bond motifs is 1. The second-order valence-corrected chi connectivity index (χ2v) is 6.07. The van der Waals surface area contributed by atoms with Gasteiger partial charge in [0, 0.05) is 18.2 Å². The Kier molecular flexibility index (Phi) is 3.19. The van der Waals surface area contributed by atoms with Gasteiger partial charge in [-0.25, -0.2) is 0 Å². The maximum absolute atomic E-state index is 5.12. The highest BCUT2D eigenvalue weighted by Gasteiger charge is 2.31. The largest absolute Gasteiger partial charge is 0.472 e. The summed E-state index contributed by atoms with van der Waals surface area (Å²) in [4.78, 5) is 0. The highest BCUT2D eigenvalue weighted by Crippen LogP contribution is 2.41. The van der Waals surface area contributed by atoms with E-state index in [1.54, 1.807) is 6.26 Å². The summed E-state index contributed by atoms with van der Waals surface area (Å²) in [6.45, 7) is 5.56. The molecular formula is C17H21NO. The quantitative estimate of drug-likeness (QED) is 0.890. The summed E-state index contributed by atoms with van der Waals surface area (Å²) in [5.41, 5.74) is 4.46. The van der Waals surface area contributed by atoms with Crippen LogP contribution in [0.15, 0.2) is 47.3 Å². The van der Waals surface area contributed by atoms with Crippen molar-refractivity contribution < 1.29 is 4.42 Å². The Morgan fingerprint density at radius 3 is 2.89 bits per heavy atom. The normalized spacial score (nSPS) is 21.1. The lowest BCUT2D eigenvalue weighted by atomic mass is 9.71. The number of benzene rings is 1. The van der Waals surface area contributed by atoms with Gasteiger partial charge < -0.3 is 9.73 Å².